The van der Waals surface area contributed by atoms with Gasteiger partial charge >= 0.3 is 0 Å². The van der Waals surface area contributed by atoms with Gasteiger partial charge in [0.15, 0.2) is 0 Å². The average molecular weight is 170 g/mol. The van der Waals surface area contributed by atoms with Crippen LogP contribution in [0.1, 0.15) is 0 Å². The van der Waals surface area contributed by atoms with Gasteiger partial charge in [0.25, 0.3) is 0 Å². The molecule has 0 heterocycles. The van der Waals surface area contributed by atoms with Gasteiger partial charge in [-0.25, -0.2) is 0 Å². The molecule has 0 aromatic carbocycles. The second-order valence-electron chi connectivity index (χ2n) is 0.859. The van der Waals surface area contributed by atoms with E-state index in [1.165, 1.54) is 0 Å². The quantitative estimate of drug-likeness (QED) is 0.600. The van der Waals surface area contributed by atoms with Gasteiger partial charge in [-0.2, -0.15) is 7.77 Å². The first-order chi connectivity index (χ1) is 4.41. The van der Waals surface area contributed by atoms with E-state index in [2.05, 4.69) is 4.74 Å². The van der Waals surface area contributed by atoms with Crippen molar-refractivity contribution < 1.29 is 12.5 Å². The van der Waals surface area contributed by atoms with Crippen molar-refractivity contribution in [2.45, 2.75) is 0 Å². The number of rotatable bonds is 4. The van der Waals surface area contributed by atoms with Crippen LogP contribution in [0, 0.1) is 0 Å². The molecule has 1 nitrogen and oxygen atoms in total. The zero-order valence-electron chi connectivity index (χ0n) is 4.29. The Labute approximate surface area is 60.7 Å². The van der Waals surface area contributed by atoms with Gasteiger partial charge in [-0.05, 0) is 0 Å². The van der Waals surface area contributed by atoms with Gasteiger partial charge in [0.2, 0.25) is 0 Å². The van der Waals surface area contributed by atoms with E-state index in [-0.39, 0.29) is 24.3 Å². The van der Waals surface area contributed by atoms with E-state index >= 15 is 0 Å². The Bertz CT molecular complexity index is 92.7. The van der Waals surface area contributed by atoms with E-state index in [1.807, 2.05) is 0 Å². The summed E-state index contributed by atoms with van der Waals surface area (Å²) in [5, 5.41) is 2.18. The maximum Gasteiger partial charge on any atom is 0.0990 e. The SMILES string of the molecule is FSC=COC=CSF. The predicted octanol–water partition coefficient (Wildman–Crippen LogP) is 3.18. The Morgan fingerprint density at radius 2 is 1.44 bits per heavy atom. The van der Waals surface area contributed by atoms with E-state index in [0.717, 1.165) is 23.3 Å². The minimum atomic E-state index is 0.0197. The lowest BCUT2D eigenvalue weighted by molar-refractivity contribution is 0.405. The van der Waals surface area contributed by atoms with Crippen LogP contribution in [0.4, 0.5) is 7.77 Å². The Kier molecular flexibility index (Phi) is 7.70. The van der Waals surface area contributed by atoms with Crippen molar-refractivity contribution in [1.29, 1.82) is 0 Å². The molecule has 0 aliphatic heterocycles. The molecule has 0 spiro atoms. The predicted molar refractivity (Wildman–Crippen MR) is 36.8 cm³/mol. The molecule has 0 bridgehead atoms. The number of halogens is 2. The largest absolute Gasteiger partial charge is 0.471 e. The second kappa shape index (κ2) is 7.84. The fraction of sp³-hybridized carbons (Fsp3) is 0. The molecule has 0 saturated carbocycles. The lowest BCUT2D eigenvalue weighted by Crippen LogP contribution is -1.59. The standard InChI is InChI=1S/C4H4F2OS2/c5-8-3-1-7-2-4-9-6/h1-4H. The lowest BCUT2D eigenvalue weighted by atomic mass is 11.1. The average Bonchev–Trinajstić information content (AvgIpc) is 1.89. The molecule has 52 valence electrons. The molecule has 0 atom stereocenters. The van der Waals surface area contributed by atoms with E-state index in [4.69, 9.17) is 0 Å². The summed E-state index contributed by atoms with van der Waals surface area (Å²) in [4.78, 5) is 0. The van der Waals surface area contributed by atoms with Crippen molar-refractivity contribution in [1.82, 2.24) is 0 Å². The molecule has 0 unspecified atom stereocenters. The van der Waals surface area contributed by atoms with E-state index in [1.54, 1.807) is 0 Å². The van der Waals surface area contributed by atoms with Crippen molar-refractivity contribution >= 4 is 24.3 Å². The lowest BCUT2D eigenvalue weighted by Gasteiger charge is -1.83. The van der Waals surface area contributed by atoms with Crippen molar-refractivity contribution in [2.75, 3.05) is 0 Å². The molecule has 0 aliphatic rings. The van der Waals surface area contributed by atoms with Crippen LogP contribution in [0.3, 0.4) is 0 Å². The molecule has 0 fully saturated rings. The Morgan fingerprint density at radius 1 is 1.00 bits per heavy atom. The zero-order chi connectivity index (χ0) is 6.95. The summed E-state index contributed by atoms with van der Waals surface area (Å²) < 4.78 is 26.7. The molecular formula is C4H4F2OS2. The first kappa shape index (κ1) is 8.84. The highest BCUT2D eigenvalue weighted by Gasteiger charge is 1.70. The topological polar surface area (TPSA) is 9.23 Å². The normalized spacial score (nSPS) is 11.3. The third kappa shape index (κ3) is 7.84. The Balaban J connectivity index is 3.08. The summed E-state index contributed by atoms with van der Waals surface area (Å²) in [6.07, 6.45) is 2.22. The fourth-order valence-corrected chi connectivity index (χ4v) is 0.364. The van der Waals surface area contributed by atoms with Gasteiger partial charge in [-0.3, -0.25) is 0 Å². The summed E-state index contributed by atoms with van der Waals surface area (Å²) in [6, 6.07) is 0. The van der Waals surface area contributed by atoms with Crippen LogP contribution in [0.2, 0.25) is 0 Å². The molecule has 0 amide bonds. The van der Waals surface area contributed by atoms with Gasteiger partial charge in [0, 0.05) is 10.8 Å². The molecule has 0 N–H and O–H groups in total. The van der Waals surface area contributed by atoms with Crippen LogP contribution in [0.15, 0.2) is 23.3 Å². The van der Waals surface area contributed by atoms with Gasteiger partial charge < -0.3 is 4.74 Å². The van der Waals surface area contributed by atoms with Crippen molar-refractivity contribution in [3.05, 3.63) is 23.3 Å². The van der Waals surface area contributed by atoms with Crippen LogP contribution in [-0.2, 0) is 4.74 Å². The maximum atomic E-state index is 11.1. The molecule has 0 aliphatic carbocycles. The summed E-state index contributed by atoms with van der Waals surface area (Å²) in [5.74, 6) is 0. The Morgan fingerprint density at radius 3 is 1.78 bits per heavy atom. The molecule has 0 rings (SSSR count). The monoisotopic (exact) mass is 170 g/mol. The van der Waals surface area contributed by atoms with Gasteiger partial charge in [-0.1, -0.05) is 0 Å². The molecule has 0 saturated heterocycles. The van der Waals surface area contributed by atoms with E-state index in [0.29, 0.717) is 0 Å². The van der Waals surface area contributed by atoms with Crippen LogP contribution >= 0.6 is 24.3 Å². The highest BCUT2D eigenvalue weighted by Crippen LogP contribution is 2.03. The van der Waals surface area contributed by atoms with Crippen LogP contribution in [0.25, 0.3) is 0 Å². The fourth-order valence-electron chi connectivity index (χ4n) is 0.152. The number of ether oxygens (including phenoxy) is 1. The van der Waals surface area contributed by atoms with Crippen LogP contribution in [0.5, 0.6) is 0 Å². The minimum Gasteiger partial charge on any atom is -0.471 e. The molecule has 0 aromatic heterocycles. The minimum absolute atomic E-state index is 0.0197. The van der Waals surface area contributed by atoms with Gasteiger partial charge in [-0.15, -0.1) is 0 Å². The third-order valence-electron chi connectivity index (χ3n) is 0.371. The molecule has 9 heavy (non-hydrogen) atoms. The smallest absolute Gasteiger partial charge is 0.0990 e. The van der Waals surface area contributed by atoms with E-state index < -0.39 is 0 Å². The van der Waals surface area contributed by atoms with Crippen molar-refractivity contribution in [3.8, 4) is 0 Å². The van der Waals surface area contributed by atoms with Crippen molar-refractivity contribution in [2.24, 2.45) is 0 Å². The molecule has 0 aromatic rings. The summed E-state index contributed by atoms with van der Waals surface area (Å²) in [6.45, 7) is 0. The number of hydrogen-bond donors (Lipinski definition) is 0. The van der Waals surface area contributed by atoms with Crippen LogP contribution < -0.4 is 0 Å². The molecular weight excluding hydrogens is 166 g/mol. The molecule has 0 radical (unpaired) electrons. The Hall–Kier alpha value is -0.160. The third-order valence-corrected chi connectivity index (χ3v) is 0.799. The number of hydrogen-bond acceptors (Lipinski definition) is 3. The van der Waals surface area contributed by atoms with Crippen LogP contribution in [-0.4, -0.2) is 0 Å². The summed E-state index contributed by atoms with van der Waals surface area (Å²) in [7, 11) is 0. The summed E-state index contributed by atoms with van der Waals surface area (Å²) in [5.41, 5.74) is 0. The highest BCUT2D eigenvalue weighted by atomic mass is 32.2. The summed E-state index contributed by atoms with van der Waals surface area (Å²) >= 11 is 0.0393. The van der Waals surface area contributed by atoms with Gasteiger partial charge in [0.1, 0.15) is 0 Å². The second-order valence-corrected chi connectivity index (χ2v) is 1.76. The van der Waals surface area contributed by atoms with E-state index in [9.17, 15) is 7.77 Å². The van der Waals surface area contributed by atoms with Crippen molar-refractivity contribution in [3.63, 3.8) is 0 Å². The molecule has 5 heteroatoms. The maximum absolute atomic E-state index is 11.1. The first-order valence-electron chi connectivity index (χ1n) is 1.92. The van der Waals surface area contributed by atoms with Gasteiger partial charge in [0.05, 0.1) is 36.8 Å². The zero-order valence-corrected chi connectivity index (χ0v) is 5.92. The highest BCUT2D eigenvalue weighted by molar-refractivity contribution is 7.97. The first-order valence-corrected chi connectivity index (χ1v) is 3.48.